The molecule has 2 fully saturated rings. The molecule has 1 aliphatic carbocycles. The molecule has 3 rings (SSSR count). The van der Waals surface area contributed by atoms with Gasteiger partial charge in [0.05, 0.1) is 24.5 Å². The topological polar surface area (TPSA) is 95.2 Å². The molecule has 1 saturated heterocycles. The molecule has 7 heteroatoms. The molecule has 7 nitrogen and oxygen atoms in total. The number of nitrogens with one attached hydrogen (secondary N) is 2. The van der Waals surface area contributed by atoms with Crippen molar-refractivity contribution >= 4 is 11.8 Å². The summed E-state index contributed by atoms with van der Waals surface area (Å²) in [5, 5.41) is 2.84. The highest BCUT2D eigenvalue weighted by molar-refractivity contribution is 5.83. The van der Waals surface area contributed by atoms with Crippen molar-refractivity contribution in [1.29, 1.82) is 0 Å². The lowest BCUT2D eigenvalue weighted by atomic mass is 9.87. The zero-order valence-corrected chi connectivity index (χ0v) is 14.5. The minimum Gasteiger partial charge on any atom is -0.350 e. The second-order valence-corrected chi connectivity index (χ2v) is 7.16. The summed E-state index contributed by atoms with van der Waals surface area (Å²) in [6.07, 6.45) is 8.53. The van der Waals surface area contributed by atoms with Crippen LogP contribution < -0.4 is 10.9 Å². The van der Waals surface area contributed by atoms with Gasteiger partial charge in [-0.2, -0.15) is 0 Å². The number of carbonyl (C=O) groups excluding carboxylic acids is 2. The summed E-state index contributed by atoms with van der Waals surface area (Å²) in [5.41, 5.74) is 0.296. The van der Waals surface area contributed by atoms with E-state index in [4.69, 9.17) is 0 Å². The molecule has 2 N–H and O–H groups in total. The van der Waals surface area contributed by atoms with Gasteiger partial charge in [0.1, 0.15) is 0 Å². The maximum absolute atomic E-state index is 12.4. The minimum absolute atomic E-state index is 0.0665. The second kappa shape index (κ2) is 8.27. The highest BCUT2D eigenvalue weighted by Crippen LogP contribution is 2.27. The summed E-state index contributed by atoms with van der Waals surface area (Å²) in [5.74, 6) is 0.511. The quantitative estimate of drug-likeness (QED) is 0.837. The lowest BCUT2D eigenvalue weighted by molar-refractivity contribution is -0.139. The van der Waals surface area contributed by atoms with Crippen molar-refractivity contribution in [3.8, 4) is 0 Å². The van der Waals surface area contributed by atoms with Gasteiger partial charge in [-0.05, 0) is 25.2 Å². The van der Waals surface area contributed by atoms with Crippen LogP contribution in [0.25, 0.3) is 0 Å². The van der Waals surface area contributed by atoms with Crippen molar-refractivity contribution in [3.05, 3.63) is 28.4 Å². The number of aromatic nitrogens is 2. The molecule has 1 atom stereocenters. The highest BCUT2D eigenvalue weighted by Gasteiger charge is 2.31. The van der Waals surface area contributed by atoms with E-state index in [0.29, 0.717) is 31.0 Å². The number of piperidine rings is 1. The number of nitrogens with zero attached hydrogens (tertiary/aromatic N) is 2. The van der Waals surface area contributed by atoms with Gasteiger partial charge in [0.15, 0.2) is 0 Å². The molecule has 136 valence electrons. The van der Waals surface area contributed by atoms with Crippen molar-refractivity contribution in [2.24, 2.45) is 11.8 Å². The maximum atomic E-state index is 12.4. The molecule has 0 unspecified atom stereocenters. The first-order chi connectivity index (χ1) is 12.1. The van der Waals surface area contributed by atoms with Crippen LogP contribution in [0.1, 0.15) is 50.6 Å². The minimum atomic E-state index is -0.235. The Kier molecular flexibility index (Phi) is 5.83. The van der Waals surface area contributed by atoms with Gasteiger partial charge in [-0.15, -0.1) is 0 Å². The normalized spacial score (nSPS) is 22.0. The number of aromatic amines is 1. The van der Waals surface area contributed by atoms with Gasteiger partial charge >= 0.3 is 0 Å². The SMILES string of the molecule is O=C(NCc1cc(=O)[nH]cn1)[C@@H]1CCC(=O)N(CC2CCCCC2)C1. The van der Waals surface area contributed by atoms with Crippen LogP contribution in [0.15, 0.2) is 17.2 Å². The van der Waals surface area contributed by atoms with E-state index < -0.39 is 0 Å². The summed E-state index contributed by atoms with van der Waals surface area (Å²) < 4.78 is 0. The van der Waals surface area contributed by atoms with E-state index in [2.05, 4.69) is 15.3 Å². The molecule has 0 spiro atoms. The van der Waals surface area contributed by atoms with Crippen LogP contribution in [0.2, 0.25) is 0 Å². The molecule has 2 amide bonds. The third-order valence-corrected chi connectivity index (χ3v) is 5.25. The molecule has 1 aromatic heterocycles. The number of H-pyrrole nitrogens is 1. The molecule has 2 aliphatic rings. The molecule has 0 radical (unpaired) electrons. The van der Waals surface area contributed by atoms with Crippen molar-refractivity contribution in [2.75, 3.05) is 13.1 Å². The van der Waals surface area contributed by atoms with Crippen LogP contribution in [0.4, 0.5) is 0 Å². The number of hydrogen-bond acceptors (Lipinski definition) is 4. The summed E-state index contributed by atoms with van der Waals surface area (Å²) in [4.78, 5) is 44.2. The fourth-order valence-corrected chi connectivity index (χ4v) is 3.81. The number of carbonyl (C=O) groups is 2. The Balaban J connectivity index is 1.51. The van der Waals surface area contributed by atoms with Crippen molar-refractivity contribution < 1.29 is 9.59 Å². The van der Waals surface area contributed by atoms with Gasteiger partial charge in [-0.25, -0.2) is 4.98 Å². The van der Waals surface area contributed by atoms with E-state index in [1.54, 1.807) is 0 Å². The van der Waals surface area contributed by atoms with Gasteiger partial charge < -0.3 is 15.2 Å². The van der Waals surface area contributed by atoms with Gasteiger partial charge in [0.25, 0.3) is 5.56 Å². The predicted octanol–water partition coefficient (Wildman–Crippen LogP) is 1.20. The molecule has 0 aromatic carbocycles. The van der Waals surface area contributed by atoms with Crippen molar-refractivity contribution in [3.63, 3.8) is 0 Å². The summed E-state index contributed by atoms with van der Waals surface area (Å²) in [6.45, 7) is 1.53. The molecule has 1 aromatic rings. The largest absolute Gasteiger partial charge is 0.350 e. The van der Waals surface area contributed by atoms with E-state index in [0.717, 1.165) is 6.54 Å². The van der Waals surface area contributed by atoms with Gasteiger partial charge in [-0.1, -0.05) is 19.3 Å². The predicted molar refractivity (Wildman–Crippen MR) is 92.6 cm³/mol. The third kappa shape index (κ3) is 4.90. The van der Waals surface area contributed by atoms with E-state index >= 15 is 0 Å². The van der Waals surface area contributed by atoms with E-state index in [1.807, 2.05) is 4.90 Å². The summed E-state index contributed by atoms with van der Waals surface area (Å²) >= 11 is 0. The lowest BCUT2D eigenvalue weighted by Crippen LogP contribution is -2.47. The van der Waals surface area contributed by atoms with E-state index in [9.17, 15) is 14.4 Å². The molecule has 1 aliphatic heterocycles. The summed E-state index contributed by atoms with van der Waals surface area (Å²) in [6, 6.07) is 1.38. The zero-order chi connectivity index (χ0) is 17.6. The third-order valence-electron chi connectivity index (χ3n) is 5.25. The molecular weight excluding hydrogens is 320 g/mol. The summed E-state index contributed by atoms with van der Waals surface area (Å²) in [7, 11) is 0. The van der Waals surface area contributed by atoms with Crippen molar-refractivity contribution in [2.45, 2.75) is 51.5 Å². The van der Waals surface area contributed by atoms with Gasteiger partial charge in [0, 0.05) is 25.6 Å². The number of hydrogen-bond donors (Lipinski definition) is 2. The number of rotatable bonds is 5. The zero-order valence-electron chi connectivity index (χ0n) is 14.5. The first kappa shape index (κ1) is 17.6. The Morgan fingerprint density at radius 3 is 2.80 bits per heavy atom. The second-order valence-electron chi connectivity index (χ2n) is 7.16. The van der Waals surface area contributed by atoms with Crippen LogP contribution in [0.3, 0.4) is 0 Å². The molecular formula is C18H26N4O3. The maximum Gasteiger partial charge on any atom is 0.250 e. The van der Waals surface area contributed by atoms with Crippen LogP contribution in [-0.4, -0.2) is 39.8 Å². The average molecular weight is 346 g/mol. The molecule has 1 saturated carbocycles. The highest BCUT2D eigenvalue weighted by atomic mass is 16.2. The number of likely N-dealkylation sites (tertiary alicyclic amines) is 1. The van der Waals surface area contributed by atoms with E-state index in [1.165, 1.54) is 44.5 Å². The molecule has 25 heavy (non-hydrogen) atoms. The van der Waals surface area contributed by atoms with Crippen LogP contribution in [0, 0.1) is 11.8 Å². The monoisotopic (exact) mass is 346 g/mol. The number of amides is 2. The molecule has 0 bridgehead atoms. The smallest absolute Gasteiger partial charge is 0.250 e. The standard InChI is InChI=1S/C18H26N4O3/c23-16-8-15(20-12-21-16)9-19-18(25)14-6-7-17(24)22(11-14)10-13-4-2-1-3-5-13/h8,12-14H,1-7,9-11H2,(H,19,25)(H,20,21,23)/t14-/m1/s1. The lowest BCUT2D eigenvalue weighted by Gasteiger charge is -2.35. The first-order valence-electron chi connectivity index (χ1n) is 9.21. The van der Waals surface area contributed by atoms with Gasteiger partial charge in [0.2, 0.25) is 11.8 Å². The fraction of sp³-hybridized carbons (Fsp3) is 0.667. The van der Waals surface area contributed by atoms with Crippen LogP contribution in [0.5, 0.6) is 0 Å². The molecule has 2 heterocycles. The van der Waals surface area contributed by atoms with Gasteiger partial charge in [-0.3, -0.25) is 14.4 Å². The Morgan fingerprint density at radius 1 is 1.24 bits per heavy atom. The average Bonchev–Trinajstić information content (AvgIpc) is 2.62. The van der Waals surface area contributed by atoms with Crippen molar-refractivity contribution in [1.82, 2.24) is 20.2 Å². The Bertz CT molecular complexity index is 666. The van der Waals surface area contributed by atoms with E-state index in [-0.39, 0.29) is 29.8 Å². The van der Waals surface area contributed by atoms with Crippen LogP contribution in [-0.2, 0) is 16.1 Å². The Labute approximate surface area is 147 Å². The Morgan fingerprint density at radius 2 is 2.04 bits per heavy atom. The fourth-order valence-electron chi connectivity index (χ4n) is 3.81. The first-order valence-corrected chi connectivity index (χ1v) is 9.21. The van der Waals surface area contributed by atoms with Crippen LogP contribution >= 0.6 is 0 Å². The Hall–Kier alpha value is -2.18.